The molecule has 1 aromatic carbocycles. The van der Waals surface area contributed by atoms with E-state index in [9.17, 15) is 9.59 Å². The van der Waals surface area contributed by atoms with E-state index in [1.165, 1.54) is 6.26 Å². The second-order valence-electron chi connectivity index (χ2n) is 4.45. The van der Waals surface area contributed by atoms with Gasteiger partial charge < -0.3 is 14.1 Å². The molecule has 0 radical (unpaired) electrons. The van der Waals surface area contributed by atoms with E-state index in [-0.39, 0.29) is 17.6 Å². The summed E-state index contributed by atoms with van der Waals surface area (Å²) in [6, 6.07) is 10.4. The van der Waals surface area contributed by atoms with Crippen molar-refractivity contribution in [2.45, 2.75) is 6.92 Å². The number of aromatic nitrogens is 1. The predicted octanol–water partition coefficient (Wildman–Crippen LogP) is 2.96. The van der Waals surface area contributed by atoms with Gasteiger partial charge in [-0.05, 0) is 31.2 Å². The lowest BCUT2D eigenvalue weighted by atomic mass is 10.1. The normalized spacial score (nSPS) is 10.7. The molecule has 5 nitrogen and oxygen atoms in total. The molecule has 0 spiro atoms. The number of rotatable bonds is 3. The number of carbonyl (C=O) groups excluding carboxylic acids is 1. The Labute approximate surface area is 120 Å². The van der Waals surface area contributed by atoms with Crippen LogP contribution in [0.1, 0.15) is 17.3 Å². The molecule has 0 fully saturated rings. The van der Waals surface area contributed by atoms with Gasteiger partial charge in [-0.25, -0.2) is 4.79 Å². The van der Waals surface area contributed by atoms with Gasteiger partial charge in [0.25, 0.3) is 0 Å². The molecule has 3 aromatic rings. The Bertz CT molecular complexity index is 846. The molecule has 0 unspecified atom stereocenters. The molecule has 0 atom stereocenters. The van der Waals surface area contributed by atoms with Crippen LogP contribution in [0.15, 0.2) is 51.9 Å². The third-order valence-corrected chi connectivity index (χ3v) is 3.16. The smallest absolute Gasteiger partial charge is 0.344 e. The molecule has 0 aliphatic carbocycles. The predicted molar refractivity (Wildman–Crippen MR) is 78.2 cm³/mol. The average molecular weight is 283 g/mol. The van der Waals surface area contributed by atoms with Crippen molar-refractivity contribution in [3.63, 3.8) is 0 Å². The molecule has 2 aromatic heterocycles. The highest BCUT2D eigenvalue weighted by molar-refractivity contribution is 5.99. The monoisotopic (exact) mass is 283 g/mol. The number of furan rings is 1. The molecule has 21 heavy (non-hydrogen) atoms. The number of fused-ring (bicyclic) bond motifs is 1. The number of esters is 1. The number of benzene rings is 1. The van der Waals surface area contributed by atoms with Crippen LogP contribution in [0.25, 0.3) is 22.4 Å². The van der Waals surface area contributed by atoms with Crippen molar-refractivity contribution in [1.29, 1.82) is 0 Å². The second kappa shape index (κ2) is 5.28. The fourth-order valence-electron chi connectivity index (χ4n) is 2.24. The standard InChI is InChI=1S/C16H13NO4/c1-2-20-16(19)13-14(12-8-5-9-21-12)17-11-7-4-3-6-10(11)15(13)18/h3-9H,2H2,1H3,(H,17,18). The van der Waals surface area contributed by atoms with Crippen LogP contribution in [0.4, 0.5) is 0 Å². The van der Waals surface area contributed by atoms with Crippen molar-refractivity contribution < 1.29 is 13.9 Å². The van der Waals surface area contributed by atoms with Gasteiger partial charge in [-0.2, -0.15) is 0 Å². The minimum atomic E-state index is -0.657. The number of nitrogens with one attached hydrogen (secondary N) is 1. The first-order valence-corrected chi connectivity index (χ1v) is 6.58. The zero-order valence-electron chi connectivity index (χ0n) is 11.4. The Morgan fingerprint density at radius 3 is 2.76 bits per heavy atom. The number of ether oxygens (including phenoxy) is 1. The number of para-hydroxylation sites is 1. The average Bonchev–Trinajstić information content (AvgIpc) is 3.01. The van der Waals surface area contributed by atoms with Crippen molar-refractivity contribution in [3.8, 4) is 11.5 Å². The summed E-state index contributed by atoms with van der Waals surface area (Å²) in [5.74, 6) is -0.239. The van der Waals surface area contributed by atoms with Crippen LogP contribution in [0, 0.1) is 0 Å². The van der Waals surface area contributed by atoms with Crippen molar-refractivity contribution in [1.82, 2.24) is 4.98 Å². The van der Waals surface area contributed by atoms with E-state index >= 15 is 0 Å². The van der Waals surface area contributed by atoms with Gasteiger partial charge in [-0.3, -0.25) is 4.79 Å². The second-order valence-corrected chi connectivity index (χ2v) is 4.45. The quantitative estimate of drug-likeness (QED) is 0.750. The molecule has 0 aliphatic heterocycles. The number of pyridine rings is 1. The Balaban J connectivity index is 2.36. The molecule has 106 valence electrons. The Morgan fingerprint density at radius 2 is 2.05 bits per heavy atom. The summed E-state index contributed by atoms with van der Waals surface area (Å²) in [6.45, 7) is 1.89. The molecule has 0 amide bonds. The van der Waals surface area contributed by atoms with Gasteiger partial charge in [0, 0.05) is 10.9 Å². The van der Waals surface area contributed by atoms with Gasteiger partial charge in [0.2, 0.25) is 5.43 Å². The van der Waals surface area contributed by atoms with E-state index in [0.29, 0.717) is 22.4 Å². The zero-order valence-corrected chi connectivity index (χ0v) is 11.4. The van der Waals surface area contributed by atoms with Crippen LogP contribution >= 0.6 is 0 Å². The third kappa shape index (κ3) is 2.23. The summed E-state index contributed by atoms with van der Waals surface area (Å²) in [5, 5.41) is 0.441. The van der Waals surface area contributed by atoms with Gasteiger partial charge in [-0.1, -0.05) is 12.1 Å². The summed E-state index contributed by atoms with van der Waals surface area (Å²) >= 11 is 0. The zero-order chi connectivity index (χ0) is 14.8. The molecule has 2 heterocycles. The minimum Gasteiger partial charge on any atom is -0.463 e. The molecule has 3 rings (SSSR count). The lowest BCUT2D eigenvalue weighted by Crippen LogP contribution is -2.20. The van der Waals surface area contributed by atoms with Crippen LogP contribution in [0.3, 0.4) is 0 Å². The summed E-state index contributed by atoms with van der Waals surface area (Å²) in [5.41, 5.74) is 0.573. The topological polar surface area (TPSA) is 72.3 Å². The fourth-order valence-corrected chi connectivity index (χ4v) is 2.24. The molecular weight excluding hydrogens is 270 g/mol. The van der Waals surface area contributed by atoms with Crippen LogP contribution in [0.2, 0.25) is 0 Å². The molecular formula is C16H13NO4. The van der Waals surface area contributed by atoms with Crippen LogP contribution < -0.4 is 5.43 Å². The SMILES string of the molecule is CCOC(=O)c1c(-c2ccco2)[nH]c2ccccc2c1=O. The van der Waals surface area contributed by atoms with E-state index in [1.54, 1.807) is 37.3 Å². The molecule has 0 saturated carbocycles. The number of hydrogen-bond acceptors (Lipinski definition) is 4. The largest absolute Gasteiger partial charge is 0.463 e. The maximum Gasteiger partial charge on any atom is 0.344 e. The number of H-pyrrole nitrogens is 1. The Kier molecular flexibility index (Phi) is 3.31. The van der Waals surface area contributed by atoms with Crippen molar-refractivity contribution in [2.75, 3.05) is 6.61 Å². The molecule has 0 bridgehead atoms. The highest BCUT2D eigenvalue weighted by Gasteiger charge is 2.22. The van der Waals surface area contributed by atoms with Gasteiger partial charge in [0.15, 0.2) is 5.76 Å². The maximum absolute atomic E-state index is 12.6. The summed E-state index contributed by atoms with van der Waals surface area (Å²) in [4.78, 5) is 27.8. The number of hydrogen-bond donors (Lipinski definition) is 1. The van der Waals surface area contributed by atoms with Crippen molar-refractivity contribution in [2.24, 2.45) is 0 Å². The van der Waals surface area contributed by atoms with Crippen molar-refractivity contribution >= 4 is 16.9 Å². The van der Waals surface area contributed by atoms with Crippen LogP contribution in [0.5, 0.6) is 0 Å². The number of aromatic amines is 1. The first-order chi connectivity index (χ1) is 10.2. The third-order valence-electron chi connectivity index (χ3n) is 3.16. The van der Waals surface area contributed by atoms with E-state index in [4.69, 9.17) is 9.15 Å². The summed E-state index contributed by atoms with van der Waals surface area (Å²) in [6.07, 6.45) is 1.48. The summed E-state index contributed by atoms with van der Waals surface area (Å²) < 4.78 is 10.3. The minimum absolute atomic E-state index is 0.0366. The summed E-state index contributed by atoms with van der Waals surface area (Å²) in [7, 11) is 0. The van der Waals surface area contributed by atoms with Crippen LogP contribution in [-0.4, -0.2) is 17.6 Å². The highest BCUT2D eigenvalue weighted by atomic mass is 16.5. The Morgan fingerprint density at radius 1 is 1.24 bits per heavy atom. The van der Waals surface area contributed by atoms with E-state index in [0.717, 1.165) is 0 Å². The molecule has 0 saturated heterocycles. The maximum atomic E-state index is 12.6. The van der Waals surface area contributed by atoms with E-state index in [2.05, 4.69) is 4.98 Å². The highest BCUT2D eigenvalue weighted by Crippen LogP contribution is 2.23. The van der Waals surface area contributed by atoms with Crippen molar-refractivity contribution in [3.05, 3.63) is 58.4 Å². The van der Waals surface area contributed by atoms with Gasteiger partial charge in [0.1, 0.15) is 11.3 Å². The van der Waals surface area contributed by atoms with Gasteiger partial charge >= 0.3 is 5.97 Å². The Hall–Kier alpha value is -2.82. The molecule has 1 N–H and O–H groups in total. The molecule has 0 aliphatic rings. The first kappa shape index (κ1) is 13.2. The van der Waals surface area contributed by atoms with E-state index in [1.807, 2.05) is 6.07 Å². The fraction of sp³-hybridized carbons (Fsp3) is 0.125. The number of carbonyl (C=O) groups is 1. The first-order valence-electron chi connectivity index (χ1n) is 6.58. The van der Waals surface area contributed by atoms with Gasteiger partial charge in [0.05, 0.1) is 12.9 Å². The van der Waals surface area contributed by atoms with Gasteiger partial charge in [-0.15, -0.1) is 0 Å². The van der Waals surface area contributed by atoms with E-state index < -0.39 is 5.97 Å². The lowest BCUT2D eigenvalue weighted by Gasteiger charge is -2.08. The lowest BCUT2D eigenvalue weighted by molar-refractivity contribution is 0.0525. The molecule has 5 heteroatoms. The van der Waals surface area contributed by atoms with Crippen LogP contribution in [-0.2, 0) is 4.74 Å².